The fourth-order valence-electron chi connectivity index (χ4n) is 1.99. The third kappa shape index (κ3) is 1.79. The largest absolute Gasteiger partial charge is 0.323 e. The molecule has 3 rings (SSSR count). The number of hydrazine groups is 1. The lowest BCUT2D eigenvalue weighted by molar-refractivity contribution is 0.636. The summed E-state index contributed by atoms with van der Waals surface area (Å²) in [7, 11) is 0. The maximum atomic E-state index is 13.8. The number of anilines is 1. The number of nitrogen functional groups attached to an aromatic ring is 1. The second-order valence-corrected chi connectivity index (χ2v) is 5.12. The first-order valence-corrected chi connectivity index (χ1v) is 6.25. The Balaban J connectivity index is 2.35. The van der Waals surface area contributed by atoms with E-state index in [0.29, 0.717) is 22.5 Å². The standard InChI is InChI=1S/C12H11BrFN3/c13-7-3-4-8(14)12-11(7)10(17-15)5-9(16-12)6-1-2-6/h3-6H,1-2,15H2,(H,16,17). The molecule has 2 aromatic rings. The van der Waals surface area contributed by atoms with Gasteiger partial charge in [-0.3, -0.25) is 5.84 Å². The molecule has 0 amide bonds. The number of pyridine rings is 1. The van der Waals surface area contributed by atoms with E-state index in [9.17, 15) is 4.39 Å². The van der Waals surface area contributed by atoms with Crippen molar-refractivity contribution in [1.82, 2.24) is 4.98 Å². The van der Waals surface area contributed by atoms with Gasteiger partial charge in [0.1, 0.15) is 11.3 Å². The summed E-state index contributed by atoms with van der Waals surface area (Å²) >= 11 is 3.40. The van der Waals surface area contributed by atoms with Gasteiger partial charge in [0.15, 0.2) is 0 Å². The smallest absolute Gasteiger partial charge is 0.149 e. The Labute approximate surface area is 106 Å². The van der Waals surface area contributed by atoms with Gasteiger partial charge in [0, 0.05) is 21.5 Å². The number of fused-ring (bicyclic) bond motifs is 1. The van der Waals surface area contributed by atoms with Gasteiger partial charge in [-0.05, 0) is 31.0 Å². The lowest BCUT2D eigenvalue weighted by Gasteiger charge is -2.10. The molecule has 0 unspecified atom stereocenters. The van der Waals surface area contributed by atoms with Gasteiger partial charge in [-0.15, -0.1) is 0 Å². The van der Waals surface area contributed by atoms with Gasteiger partial charge in [0.25, 0.3) is 0 Å². The van der Waals surface area contributed by atoms with Gasteiger partial charge < -0.3 is 5.43 Å². The highest BCUT2D eigenvalue weighted by Gasteiger charge is 2.26. The molecule has 0 saturated heterocycles. The first-order valence-electron chi connectivity index (χ1n) is 5.46. The van der Waals surface area contributed by atoms with Crippen LogP contribution in [-0.4, -0.2) is 4.98 Å². The van der Waals surface area contributed by atoms with E-state index in [2.05, 4.69) is 26.3 Å². The minimum Gasteiger partial charge on any atom is -0.323 e. The van der Waals surface area contributed by atoms with Gasteiger partial charge in [-0.1, -0.05) is 15.9 Å². The number of nitrogens with two attached hydrogens (primary N) is 1. The Morgan fingerprint density at radius 2 is 2.18 bits per heavy atom. The predicted octanol–water partition coefficient (Wildman–Crippen LogP) is 3.30. The number of nitrogens with zero attached hydrogens (tertiary/aromatic N) is 1. The number of benzene rings is 1. The van der Waals surface area contributed by atoms with Crippen molar-refractivity contribution in [3.05, 3.63) is 34.2 Å². The van der Waals surface area contributed by atoms with Gasteiger partial charge in [0.2, 0.25) is 0 Å². The average Bonchev–Trinajstić information content (AvgIpc) is 3.16. The maximum absolute atomic E-state index is 13.8. The van der Waals surface area contributed by atoms with E-state index in [1.165, 1.54) is 6.07 Å². The molecule has 17 heavy (non-hydrogen) atoms. The van der Waals surface area contributed by atoms with Crippen molar-refractivity contribution in [2.45, 2.75) is 18.8 Å². The average molecular weight is 296 g/mol. The van der Waals surface area contributed by atoms with E-state index in [1.807, 2.05) is 6.07 Å². The van der Waals surface area contributed by atoms with Crippen LogP contribution in [0.3, 0.4) is 0 Å². The molecule has 3 N–H and O–H groups in total. The molecule has 1 aliphatic rings. The summed E-state index contributed by atoms with van der Waals surface area (Å²) in [6, 6.07) is 4.98. The second-order valence-electron chi connectivity index (χ2n) is 4.27. The van der Waals surface area contributed by atoms with Crippen molar-refractivity contribution < 1.29 is 4.39 Å². The zero-order valence-corrected chi connectivity index (χ0v) is 10.6. The highest BCUT2D eigenvalue weighted by Crippen LogP contribution is 2.42. The molecule has 0 atom stereocenters. The molecule has 1 aromatic heterocycles. The third-order valence-electron chi connectivity index (χ3n) is 3.03. The van der Waals surface area contributed by atoms with Crippen LogP contribution in [0.1, 0.15) is 24.5 Å². The van der Waals surface area contributed by atoms with Gasteiger partial charge in [-0.25, -0.2) is 9.37 Å². The summed E-state index contributed by atoms with van der Waals surface area (Å²) in [6.45, 7) is 0. The lowest BCUT2D eigenvalue weighted by atomic mass is 10.1. The first-order chi connectivity index (χ1) is 8.20. The Morgan fingerprint density at radius 3 is 2.82 bits per heavy atom. The Morgan fingerprint density at radius 1 is 1.41 bits per heavy atom. The van der Waals surface area contributed by atoms with Crippen LogP contribution in [0, 0.1) is 5.82 Å². The number of aromatic nitrogens is 1. The van der Waals surface area contributed by atoms with Crippen LogP contribution in [0.2, 0.25) is 0 Å². The minimum atomic E-state index is -0.317. The molecule has 3 nitrogen and oxygen atoms in total. The van der Waals surface area contributed by atoms with Crippen molar-refractivity contribution in [2.75, 3.05) is 5.43 Å². The van der Waals surface area contributed by atoms with Gasteiger partial charge >= 0.3 is 0 Å². The fourth-order valence-corrected chi connectivity index (χ4v) is 2.52. The Hall–Kier alpha value is -1.20. The van der Waals surface area contributed by atoms with E-state index in [4.69, 9.17) is 5.84 Å². The minimum absolute atomic E-state index is 0.317. The topological polar surface area (TPSA) is 50.9 Å². The third-order valence-corrected chi connectivity index (χ3v) is 3.69. The van der Waals surface area contributed by atoms with E-state index in [0.717, 1.165) is 23.0 Å². The molecule has 88 valence electrons. The monoisotopic (exact) mass is 295 g/mol. The van der Waals surface area contributed by atoms with Crippen LogP contribution in [0.5, 0.6) is 0 Å². The molecule has 1 aliphatic carbocycles. The number of nitrogens with one attached hydrogen (secondary N) is 1. The van der Waals surface area contributed by atoms with Crippen LogP contribution < -0.4 is 11.3 Å². The fraction of sp³-hybridized carbons (Fsp3) is 0.250. The Bertz CT molecular complexity index is 596. The summed E-state index contributed by atoms with van der Waals surface area (Å²) in [5, 5.41) is 0.692. The van der Waals surface area contributed by atoms with E-state index in [-0.39, 0.29) is 5.82 Å². The van der Waals surface area contributed by atoms with E-state index < -0.39 is 0 Å². The van der Waals surface area contributed by atoms with E-state index in [1.54, 1.807) is 6.07 Å². The van der Waals surface area contributed by atoms with Gasteiger partial charge in [0.05, 0.1) is 5.69 Å². The zero-order chi connectivity index (χ0) is 12.0. The SMILES string of the molecule is NNc1cc(C2CC2)nc2c(F)ccc(Br)c12. The van der Waals surface area contributed by atoms with Crippen molar-refractivity contribution in [2.24, 2.45) is 5.84 Å². The number of hydrogen-bond donors (Lipinski definition) is 2. The normalized spacial score (nSPS) is 15.2. The Kier molecular flexibility index (Phi) is 2.52. The van der Waals surface area contributed by atoms with Crippen LogP contribution in [-0.2, 0) is 0 Å². The molecule has 0 radical (unpaired) electrons. The van der Waals surface area contributed by atoms with Crippen molar-refractivity contribution in [3.8, 4) is 0 Å². The lowest BCUT2D eigenvalue weighted by Crippen LogP contribution is -2.09. The molecular formula is C12H11BrFN3. The molecule has 0 bridgehead atoms. The summed E-state index contributed by atoms with van der Waals surface area (Å²) in [5.74, 6) is 5.65. The van der Waals surface area contributed by atoms with Crippen LogP contribution in [0.4, 0.5) is 10.1 Å². The van der Waals surface area contributed by atoms with Crippen molar-refractivity contribution in [1.29, 1.82) is 0 Å². The first kappa shape index (κ1) is 10.9. The summed E-state index contributed by atoms with van der Waals surface area (Å²) < 4.78 is 14.6. The highest BCUT2D eigenvalue weighted by molar-refractivity contribution is 9.10. The molecule has 1 heterocycles. The maximum Gasteiger partial charge on any atom is 0.149 e. The molecule has 0 spiro atoms. The van der Waals surface area contributed by atoms with Crippen LogP contribution >= 0.6 is 15.9 Å². The summed E-state index contributed by atoms with van der Waals surface area (Å²) in [5.41, 5.74) is 4.63. The molecule has 0 aliphatic heterocycles. The molecule has 1 saturated carbocycles. The van der Waals surface area contributed by atoms with Crippen LogP contribution in [0.15, 0.2) is 22.7 Å². The molecule has 1 aromatic carbocycles. The molecular weight excluding hydrogens is 285 g/mol. The van der Waals surface area contributed by atoms with Gasteiger partial charge in [-0.2, -0.15) is 0 Å². The molecule has 5 heteroatoms. The van der Waals surface area contributed by atoms with E-state index >= 15 is 0 Å². The number of rotatable bonds is 2. The highest BCUT2D eigenvalue weighted by atomic mass is 79.9. The quantitative estimate of drug-likeness (QED) is 0.660. The summed E-state index contributed by atoms with van der Waals surface area (Å²) in [6.07, 6.45) is 2.25. The van der Waals surface area contributed by atoms with Crippen molar-refractivity contribution >= 4 is 32.5 Å². The number of halogens is 2. The molecule has 1 fully saturated rings. The van der Waals surface area contributed by atoms with Crippen LogP contribution in [0.25, 0.3) is 10.9 Å². The summed E-state index contributed by atoms with van der Waals surface area (Å²) in [4.78, 5) is 4.41. The number of hydrogen-bond acceptors (Lipinski definition) is 3. The van der Waals surface area contributed by atoms with Crippen molar-refractivity contribution in [3.63, 3.8) is 0 Å². The second kappa shape index (κ2) is 3.92. The predicted molar refractivity (Wildman–Crippen MR) is 69.2 cm³/mol. The zero-order valence-electron chi connectivity index (χ0n) is 9.00.